The molecule has 118 valence electrons. The number of rotatable bonds is 8. The van der Waals surface area contributed by atoms with E-state index in [1.807, 2.05) is 19.9 Å². The van der Waals surface area contributed by atoms with Crippen LogP contribution in [0.1, 0.15) is 32.3 Å². The molecule has 0 atom stereocenters. The van der Waals surface area contributed by atoms with E-state index in [9.17, 15) is 4.79 Å². The molecule has 5 heteroatoms. The van der Waals surface area contributed by atoms with Crippen LogP contribution in [-0.4, -0.2) is 26.3 Å². The molecule has 0 amide bonds. The van der Waals surface area contributed by atoms with Gasteiger partial charge in [-0.2, -0.15) is 5.26 Å². The number of hydrogen-bond donors (Lipinski definition) is 0. The highest BCUT2D eigenvalue weighted by atomic mass is 16.5. The maximum absolute atomic E-state index is 11.8. The van der Waals surface area contributed by atoms with Gasteiger partial charge in [0.2, 0.25) is 0 Å². The highest BCUT2D eigenvalue weighted by Crippen LogP contribution is 2.28. The zero-order valence-corrected chi connectivity index (χ0v) is 13.2. The van der Waals surface area contributed by atoms with Crippen LogP contribution in [0.2, 0.25) is 0 Å². The van der Waals surface area contributed by atoms with Crippen LogP contribution in [0, 0.1) is 11.3 Å². The Balaban J connectivity index is 2.95. The standard InChI is InChI=1S/C17H21NO4/c1-4-6-9-22-17(19)14(12-18)10-13-7-8-15(20-3)16(11-13)21-5-2/h7-8,10-11H,4-6,9H2,1-3H3/b14-10-. The third-order valence-corrected chi connectivity index (χ3v) is 2.87. The number of carbonyl (C=O) groups is 1. The van der Waals surface area contributed by atoms with Crippen molar-refractivity contribution >= 4 is 12.0 Å². The van der Waals surface area contributed by atoms with E-state index < -0.39 is 5.97 Å². The second-order valence-electron chi connectivity index (χ2n) is 4.50. The van der Waals surface area contributed by atoms with Crippen molar-refractivity contribution in [1.29, 1.82) is 5.26 Å². The van der Waals surface area contributed by atoms with Gasteiger partial charge in [0.15, 0.2) is 11.5 Å². The van der Waals surface area contributed by atoms with Crippen LogP contribution < -0.4 is 9.47 Å². The van der Waals surface area contributed by atoms with E-state index >= 15 is 0 Å². The molecule has 0 radical (unpaired) electrons. The molecule has 0 aromatic heterocycles. The molecular formula is C17H21NO4. The van der Waals surface area contributed by atoms with Crippen LogP contribution in [0.25, 0.3) is 6.08 Å². The summed E-state index contributed by atoms with van der Waals surface area (Å²) < 4.78 is 15.7. The van der Waals surface area contributed by atoms with Gasteiger partial charge >= 0.3 is 5.97 Å². The Kier molecular flexibility index (Phi) is 7.55. The largest absolute Gasteiger partial charge is 0.493 e. The van der Waals surface area contributed by atoms with Crippen molar-refractivity contribution in [2.24, 2.45) is 0 Å². The quantitative estimate of drug-likeness (QED) is 0.319. The van der Waals surface area contributed by atoms with Crippen LogP contribution in [0.4, 0.5) is 0 Å². The summed E-state index contributed by atoms with van der Waals surface area (Å²) in [6, 6.07) is 7.07. The normalized spacial score (nSPS) is 10.7. The highest BCUT2D eigenvalue weighted by Gasteiger charge is 2.11. The van der Waals surface area contributed by atoms with Gasteiger partial charge in [-0.1, -0.05) is 19.4 Å². The third kappa shape index (κ3) is 5.13. The minimum absolute atomic E-state index is 0.0382. The lowest BCUT2D eigenvalue weighted by Gasteiger charge is -2.10. The van der Waals surface area contributed by atoms with Crippen molar-refractivity contribution < 1.29 is 19.0 Å². The predicted octanol–water partition coefficient (Wildman–Crippen LogP) is 3.34. The number of nitrogens with zero attached hydrogens (tertiary/aromatic N) is 1. The summed E-state index contributed by atoms with van der Waals surface area (Å²) in [4.78, 5) is 11.8. The fourth-order valence-electron chi connectivity index (χ4n) is 1.74. The van der Waals surface area contributed by atoms with Crippen LogP contribution in [0.5, 0.6) is 11.5 Å². The Morgan fingerprint density at radius 1 is 1.32 bits per heavy atom. The van der Waals surface area contributed by atoms with Crippen LogP contribution in [-0.2, 0) is 9.53 Å². The smallest absolute Gasteiger partial charge is 0.348 e. The number of hydrogen-bond acceptors (Lipinski definition) is 5. The monoisotopic (exact) mass is 303 g/mol. The van der Waals surface area contributed by atoms with Gasteiger partial charge in [0.25, 0.3) is 0 Å². The second-order valence-corrected chi connectivity index (χ2v) is 4.50. The molecule has 0 unspecified atom stereocenters. The van der Waals surface area contributed by atoms with Crippen molar-refractivity contribution in [1.82, 2.24) is 0 Å². The van der Waals surface area contributed by atoms with Gasteiger partial charge in [-0.05, 0) is 37.1 Å². The number of carbonyl (C=O) groups excluding carboxylic acids is 1. The number of esters is 1. The number of ether oxygens (including phenoxy) is 3. The molecular weight excluding hydrogens is 282 g/mol. The topological polar surface area (TPSA) is 68.6 Å². The van der Waals surface area contributed by atoms with Gasteiger partial charge in [0, 0.05) is 0 Å². The summed E-state index contributed by atoms with van der Waals surface area (Å²) in [5.74, 6) is 0.558. The molecule has 0 spiro atoms. The summed E-state index contributed by atoms with van der Waals surface area (Å²) in [6.07, 6.45) is 3.19. The van der Waals surface area contributed by atoms with Crippen LogP contribution >= 0.6 is 0 Å². The van der Waals surface area contributed by atoms with Crippen LogP contribution in [0.3, 0.4) is 0 Å². The molecule has 0 aliphatic rings. The van der Waals surface area contributed by atoms with Gasteiger partial charge < -0.3 is 14.2 Å². The Morgan fingerprint density at radius 2 is 2.09 bits per heavy atom. The van der Waals surface area contributed by atoms with Crippen molar-refractivity contribution in [2.45, 2.75) is 26.7 Å². The molecule has 22 heavy (non-hydrogen) atoms. The first-order chi connectivity index (χ1) is 10.7. The zero-order valence-electron chi connectivity index (χ0n) is 13.2. The molecule has 0 aliphatic heterocycles. The van der Waals surface area contributed by atoms with Gasteiger partial charge in [-0.15, -0.1) is 0 Å². The summed E-state index contributed by atoms with van der Waals surface area (Å²) in [5.41, 5.74) is 0.636. The maximum Gasteiger partial charge on any atom is 0.348 e. The molecule has 0 N–H and O–H groups in total. The van der Waals surface area contributed by atoms with Gasteiger partial charge in [0.05, 0.1) is 20.3 Å². The number of nitriles is 1. The molecule has 0 fully saturated rings. The Bertz CT molecular complexity index is 573. The zero-order chi connectivity index (χ0) is 16.4. The molecule has 0 saturated carbocycles. The van der Waals surface area contributed by atoms with Gasteiger partial charge in [0.1, 0.15) is 11.6 Å². The van der Waals surface area contributed by atoms with Crippen molar-refractivity contribution in [2.75, 3.05) is 20.3 Å². The van der Waals surface area contributed by atoms with E-state index in [1.165, 1.54) is 6.08 Å². The average molecular weight is 303 g/mol. The first-order valence-electron chi connectivity index (χ1n) is 7.26. The summed E-state index contributed by atoms with van der Waals surface area (Å²) in [6.45, 7) is 4.68. The molecule has 1 rings (SSSR count). The number of unbranched alkanes of at least 4 members (excludes halogenated alkanes) is 1. The van der Waals surface area contributed by atoms with E-state index in [0.717, 1.165) is 12.8 Å². The first kappa shape index (κ1) is 17.6. The molecule has 0 bridgehead atoms. The van der Waals surface area contributed by atoms with Gasteiger partial charge in [-0.25, -0.2) is 4.79 Å². The lowest BCUT2D eigenvalue weighted by molar-refractivity contribution is -0.138. The molecule has 5 nitrogen and oxygen atoms in total. The summed E-state index contributed by atoms with van der Waals surface area (Å²) in [7, 11) is 1.55. The minimum Gasteiger partial charge on any atom is -0.493 e. The van der Waals surface area contributed by atoms with Crippen LogP contribution in [0.15, 0.2) is 23.8 Å². The number of benzene rings is 1. The fraction of sp³-hybridized carbons (Fsp3) is 0.412. The minimum atomic E-state index is -0.607. The van der Waals surface area contributed by atoms with Crippen molar-refractivity contribution in [3.05, 3.63) is 29.3 Å². The summed E-state index contributed by atoms with van der Waals surface area (Å²) >= 11 is 0. The Morgan fingerprint density at radius 3 is 2.68 bits per heavy atom. The lowest BCUT2D eigenvalue weighted by atomic mass is 10.1. The molecule has 0 aliphatic carbocycles. The van der Waals surface area contributed by atoms with Crippen molar-refractivity contribution in [3.63, 3.8) is 0 Å². The maximum atomic E-state index is 11.8. The molecule has 0 saturated heterocycles. The predicted molar refractivity (Wildman–Crippen MR) is 83.6 cm³/mol. The SMILES string of the molecule is CCCCOC(=O)/C(C#N)=C\c1ccc(OC)c(OCC)c1. The molecule has 1 aromatic rings. The van der Waals surface area contributed by atoms with Crippen molar-refractivity contribution in [3.8, 4) is 17.6 Å². The summed E-state index contributed by atoms with van der Waals surface area (Å²) in [5, 5.41) is 9.11. The van der Waals surface area contributed by atoms with E-state index in [4.69, 9.17) is 19.5 Å². The van der Waals surface area contributed by atoms with E-state index in [0.29, 0.717) is 30.3 Å². The molecule has 0 heterocycles. The van der Waals surface area contributed by atoms with E-state index in [-0.39, 0.29) is 5.57 Å². The van der Waals surface area contributed by atoms with Gasteiger partial charge in [-0.3, -0.25) is 0 Å². The Hall–Kier alpha value is -2.48. The Labute approximate surface area is 131 Å². The molecule has 1 aromatic carbocycles. The lowest BCUT2D eigenvalue weighted by Crippen LogP contribution is -2.07. The van der Waals surface area contributed by atoms with E-state index in [1.54, 1.807) is 25.3 Å². The second kappa shape index (κ2) is 9.46. The first-order valence-corrected chi connectivity index (χ1v) is 7.26. The average Bonchev–Trinajstić information content (AvgIpc) is 2.53. The third-order valence-electron chi connectivity index (χ3n) is 2.87. The fourth-order valence-corrected chi connectivity index (χ4v) is 1.74. The number of methoxy groups -OCH3 is 1. The highest BCUT2D eigenvalue weighted by molar-refractivity contribution is 5.97. The van der Waals surface area contributed by atoms with E-state index in [2.05, 4.69) is 0 Å².